The Kier molecular flexibility index (Phi) is 5.08. The molecular formula is C18H19F2NO3. The Hall–Kier alpha value is -2.02. The van der Waals surface area contributed by atoms with Crippen molar-refractivity contribution in [1.82, 2.24) is 4.90 Å². The lowest BCUT2D eigenvalue weighted by Gasteiger charge is -2.34. The predicted octanol–water partition coefficient (Wildman–Crippen LogP) is 2.78. The first kappa shape index (κ1) is 16.8. The second-order valence-corrected chi connectivity index (χ2v) is 5.90. The van der Waals surface area contributed by atoms with Crippen LogP contribution < -0.4 is 0 Å². The predicted molar refractivity (Wildman–Crippen MR) is 84.6 cm³/mol. The first-order valence-corrected chi connectivity index (χ1v) is 7.79. The van der Waals surface area contributed by atoms with Crippen LogP contribution in [0.4, 0.5) is 8.78 Å². The van der Waals surface area contributed by atoms with Gasteiger partial charge in [0.2, 0.25) is 0 Å². The summed E-state index contributed by atoms with van der Waals surface area (Å²) in [5, 5.41) is 19.8. The molecule has 2 unspecified atom stereocenters. The maximum absolute atomic E-state index is 13.8. The molecule has 1 fully saturated rings. The topological polar surface area (TPSA) is 52.9 Å². The fraction of sp³-hybridized carbons (Fsp3) is 0.333. The number of rotatable bonds is 4. The van der Waals surface area contributed by atoms with Crippen molar-refractivity contribution in [3.05, 3.63) is 65.2 Å². The number of hydrogen-bond donors (Lipinski definition) is 2. The van der Waals surface area contributed by atoms with Crippen molar-refractivity contribution in [2.45, 2.75) is 12.2 Å². The highest BCUT2D eigenvalue weighted by molar-refractivity contribution is 5.29. The molecule has 4 nitrogen and oxygen atoms in total. The minimum Gasteiger partial charge on any atom is -0.508 e. The molecule has 6 heteroatoms. The van der Waals surface area contributed by atoms with Gasteiger partial charge in [-0.1, -0.05) is 18.2 Å². The van der Waals surface area contributed by atoms with Gasteiger partial charge in [0.05, 0.1) is 18.8 Å². The number of phenolic OH excluding ortho intramolecular Hbond substituents is 1. The lowest BCUT2D eigenvalue weighted by molar-refractivity contribution is -0.0427. The molecule has 1 aliphatic rings. The lowest BCUT2D eigenvalue weighted by atomic mass is 10.1. The highest BCUT2D eigenvalue weighted by atomic mass is 19.1. The number of aromatic hydroxyl groups is 1. The molecule has 0 aromatic heterocycles. The third-order valence-electron chi connectivity index (χ3n) is 4.15. The fourth-order valence-corrected chi connectivity index (χ4v) is 2.91. The van der Waals surface area contributed by atoms with E-state index in [9.17, 15) is 19.0 Å². The van der Waals surface area contributed by atoms with Crippen LogP contribution in [0.2, 0.25) is 0 Å². The first-order valence-electron chi connectivity index (χ1n) is 7.79. The molecule has 2 aromatic carbocycles. The average molecular weight is 335 g/mol. The molecule has 2 aromatic rings. The number of morpholine rings is 1. The number of aliphatic hydroxyl groups excluding tert-OH is 1. The number of benzene rings is 2. The van der Waals surface area contributed by atoms with Crippen molar-refractivity contribution in [3.8, 4) is 5.75 Å². The Morgan fingerprint density at radius 3 is 2.79 bits per heavy atom. The van der Waals surface area contributed by atoms with Crippen molar-refractivity contribution in [2.24, 2.45) is 0 Å². The van der Waals surface area contributed by atoms with E-state index >= 15 is 0 Å². The maximum Gasteiger partial charge on any atom is 0.131 e. The summed E-state index contributed by atoms with van der Waals surface area (Å²) < 4.78 is 32.5. The second-order valence-electron chi connectivity index (χ2n) is 5.90. The van der Waals surface area contributed by atoms with Gasteiger partial charge in [0.25, 0.3) is 0 Å². The molecule has 128 valence electrons. The van der Waals surface area contributed by atoms with Gasteiger partial charge in [-0.3, -0.25) is 4.90 Å². The van der Waals surface area contributed by atoms with E-state index in [0.717, 1.165) is 17.7 Å². The molecule has 0 spiro atoms. The van der Waals surface area contributed by atoms with Gasteiger partial charge < -0.3 is 14.9 Å². The molecule has 2 N–H and O–H groups in total. The molecule has 0 amide bonds. The summed E-state index contributed by atoms with van der Waals surface area (Å²) in [7, 11) is 0. The zero-order valence-corrected chi connectivity index (χ0v) is 13.0. The van der Waals surface area contributed by atoms with Gasteiger partial charge in [0, 0.05) is 31.3 Å². The van der Waals surface area contributed by atoms with Crippen LogP contribution in [0.1, 0.15) is 23.3 Å². The van der Waals surface area contributed by atoms with Gasteiger partial charge in [-0.05, 0) is 23.8 Å². The molecule has 24 heavy (non-hydrogen) atoms. The lowest BCUT2D eigenvalue weighted by Crippen LogP contribution is -2.40. The van der Waals surface area contributed by atoms with Gasteiger partial charge in [-0.25, -0.2) is 8.78 Å². The molecule has 1 heterocycles. The van der Waals surface area contributed by atoms with E-state index in [1.807, 2.05) is 11.0 Å². The minimum atomic E-state index is -1.05. The van der Waals surface area contributed by atoms with Crippen LogP contribution >= 0.6 is 0 Å². The van der Waals surface area contributed by atoms with Crippen LogP contribution in [-0.2, 0) is 4.74 Å². The smallest absolute Gasteiger partial charge is 0.131 e. The Morgan fingerprint density at radius 1 is 1.21 bits per heavy atom. The van der Waals surface area contributed by atoms with Crippen LogP contribution in [0.15, 0.2) is 42.5 Å². The van der Waals surface area contributed by atoms with Crippen molar-refractivity contribution < 1.29 is 23.7 Å². The second kappa shape index (κ2) is 7.25. The average Bonchev–Trinajstić information content (AvgIpc) is 2.55. The van der Waals surface area contributed by atoms with E-state index in [2.05, 4.69) is 0 Å². The zero-order chi connectivity index (χ0) is 17.1. The number of β-amino-alcohol motifs (C(OH)–C–C–N with tert-alkyl or cyclic N) is 1. The molecule has 2 atom stereocenters. The summed E-state index contributed by atoms with van der Waals surface area (Å²) in [4.78, 5) is 1.96. The Labute approximate surface area is 138 Å². The van der Waals surface area contributed by atoms with Gasteiger partial charge >= 0.3 is 0 Å². The summed E-state index contributed by atoms with van der Waals surface area (Å²) in [5.74, 6) is -1.25. The van der Waals surface area contributed by atoms with Crippen LogP contribution in [0.5, 0.6) is 5.75 Å². The summed E-state index contributed by atoms with van der Waals surface area (Å²) in [6, 6.07) is 10.0. The highest BCUT2D eigenvalue weighted by Gasteiger charge is 2.25. The van der Waals surface area contributed by atoms with Gasteiger partial charge in [-0.15, -0.1) is 0 Å². The maximum atomic E-state index is 13.8. The quantitative estimate of drug-likeness (QED) is 0.902. The van der Waals surface area contributed by atoms with E-state index in [1.54, 1.807) is 18.2 Å². The van der Waals surface area contributed by atoms with Crippen molar-refractivity contribution in [2.75, 3.05) is 26.2 Å². The van der Waals surface area contributed by atoms with E-state index < -0.39 is 17.7 Å². The number of halogens is 2. The SMILES string of the molecule is Oc1cccc(C2CN(CC(O)c3ccc(F)cc3F)CCO2)c1. The van der Waals surface area contributed by atoms with Crippen molar-refractivity contribution >= 4 is 0 Å². The normalized spacial score (nSPS) is 20.0. The van der Waals surface area contributed by atoms with Gasteiger partial charge in [0.15, 0.2) is 0 Å². The van der Waals surface area contributed by atoms with Crippen LogP contribution in [0.3, 0.4) is 0 Å². The molecule has 0 radical (unpaired) electrons. The van der Waals surface area contributed by atoms with Crippen LogP contribution in [0, 0.1) is 11.6 Å². The monoisotopic (exact) mass is 335 g/mol. The fourth-order valence-electron chi connectivity index (χ4n) is 2.91. The molecular weight excluding hydrogens is 316 g/mol. The minimum absolute atomic E-state index is 0.0804. The van der Waals surface area contributed by atoms with Crippen LogP contribution in [-0.4, -0.2) is 41.4 Å². The highest BCUT2D eigenvalue weighted by Crippen LogP contribution is 2.26. The molecule has 0 saturated carbocycles. The van der Waals surface area contributed by atoms with E-state index in [1.165, 1.54) is 6.07 Å². The largest absolute Gasteiger partial charge is 0.508 e. The summed E-state index contributed by atoms with van der Waals surface area (Å²) in [5.41, 5.74) is 0.930. The Morgan fingerprint density at radius 2 is 2.04 bits per heavy atom. The molecule has 0 bridgehead atoms. The summed E-state index contributed by atoms with van der Waals surface area (Å²) >= 11 is 0. The zero-order valence-electron chi connectivity index (χ0n) is 13.0. The Balaban J connectivity index is 1.66. The Bertz CT molecular complexity index is 710. The van der Waals surface area contributed by atoms with Gasteiger partial charge in [-0.2, -0.15) is 0 Å². The molecule has 1 aliphatic heterocycles. The van der Waals surface area contributed by atoms with Gasteiger partial charge in [0.1, 0.15) is 17.4 Å². The van der Waals surface area contributed by atoms with E-state index in [4.69, 9.17) is 4.74 Å². The van der Waals surface area contributed by atoms with Crippen molar-refractivity contribution in [1.29, 1.82) is 0 Å². The number of hydrogen-bond acceptors (Lipinski definition) is 4. The summed E-state index contributed by atoms with van der Waals surface area (Å²) in [6.45, 7) is 1.82. The number of aliphatic hydroxyl groups is 1. The third kappa shape index (κ3) is 3.90. The summed E-state index contributed by atoms with van der Waals surface area (Å²) in [6.07, 6.45) is -1.27. The number of phenols is 1. The molecule has 0 aliphatic carbocycles. The molecule has 3 rings (SSSR count). The third-order valence-corrected chi connectivity index (χ3v) is 4.15. The van der Waals surface area contributed by atoms with E-state index in [0.29, 0.717) is 19.7 Å². The van der Waals surface area contributed by atoms with Crippen molar-refractivity contribution in [3.63, 3.8) is 0 Å². The standard InChI is InChI=1S/C18H19F2NO3/c19-13-4-5-15(16(20)9-13)17(23)10-21-6-7-24-18(11-21)12-2-1-3-14(22)8-12/h1-5,8-9,17-18,22-23H,6-7,10-11H2. The van der Waals surface area contributed by atoms with Crippen LogP contribution in [0.25, 0.3) is 0 Å². The number of ether oxygens (including phenoxy) is 1. The molecule has 1 saturated heterocycles. The first-order chi connectivity index (χ1) is 11.5. The van der Waals surface area contributed by atoms with E-state index in [-0.39, 0.29) is 24.0 Å². The number of nitrogens with zero attached hydrogens (tertiary/aromatic N) is 1.